The fraction of sp³-hybridized carbons (Fsp3) is 0.381. The van der Waals surface area contributed by atoms with Crippen molar-refractivity contribution >= 4 is 31.7 Å². The Labute approximate surface area is 169 Å². The van der Waals surface area contributed by atoms with Crippen LogP contribution in [0.2, 0.25) is 0 Å². The lowest BCUT2D eigenvalue weighted by Gasteiger charge is -2.32. The third-order valence-corrected chi connectivity index (χ3v) is 6.91. The first-order valence-electron chi connectivity index (χ1n) is 9.18. The number of amides is 1. The highest BCUT2D eigenvalue weighted by atomic mass is 79.9. The van der Waals surface area contributed by atoms with Gasteiger partial charge in [0.2, 0.25) is 5.91 Å². The van der Waals surface area contributed by atoms with E-state index in [-0.39, 0.29) is 11.7 Å². The molecule has 1 aliphatic heterocycles. The number of hydrogen-bond acceptors (Lipinski definition) is 3. The van der Waals surface area contributed by atoms with Crippen LogP contribution in [0.15, 0.2) is 59.1 Å². The second kappa shape index (κ2) is 9.02. The van der Waals surface area contributed by atoms with Gasteiger partial charge in [0.15, 0.2) is 9.84 Å². The van der Waals surface area contributed by atoms with Crippen molar-refractivity contribution < 1.29 is 13.2 Å². The fourth-order valence-corrected chi connectivity index (χ4v) is 5.34. The quantitative estimate of drug-likeness (QED) is 0.672. The molecule has 0 bridgehead atoms. The summed E-state index contributed by atoms with van der Waals surface area (Å²) < 4.78 is 25.6. The zero-order valence-corrected chi connectivity index (χ0v) is 17.6. The maximum absolute atomic E-state index is 12.5. The molecule has 1 saturated heterocycles. The van der Waals surface area contributed by atoms with E-state index in [9.17, 15) is 13.2 Å². The number of benzene rings is 2. The van der Waals surface area contributed by atoms with Crippen LogP contribution in [0, 0.1) is 5.92 Å². The number of piperidine rings is 1. The minimum absolute atomic E-state index is 0.108. The molecule has 0 N–H and O–H groups in total. The van der Waals surface area contributed by atoms with Crippen molar-refractivity contribution in [1.82, 2.24) is 4.90 Å². The van der Waals surface area contributed by atoms with E-state index in [4.69, 9.17) is 0 Å². The van der Waals surface area contributed by atoms with E-state index >= 15 is 0 Å². The number of halogens is 1. The van der Waals surface area contributed by atoms with Crippen LogP contribution in [-0.4, -0.2) is 38.1 Å². The van der Waals surface area contributed by atoms with Gasteiger partial charge in [-0.25, -0.2) is 8.42 Å². The molecule has 2 aromatic rings. The number of sulfone groups is 1. The van der Waals surface area contributed by atoms with E-state index in [2.05, 4.69) is 28.1 Å². The molecule has 0 aromatic heterocycles. The monoisotopic (exact) mass is 449 g/mol. The van der Waals surface area contributed by atoms with E-state index in [1.165, 1.54) is 5.56 Å². The second-order valence-electron chi connectivity index (χ2n) is 7.18. The van der Waals surface area contributed by atoms with E-state index < -0.39 is 15.6 Å². The molecule has 0 atom stereocenters. The predicted octanol–water partition coefficient (Wildman–Crippen LogP) is 3.85. The van der Waals surface area contributed by atoms with Gasteiger partial charge < -0.3 is 4.90 Å². The van der Waals surface area contributed by atoms with Crippen LogP contribution < -0.4 is 0 Å². The Balaban J connectivity index is 1.50. The predicted molar refractivity (Wildman–Crippen MR) is 111 cm³/mol. The average molecular weight is 450 g/mol. The van der Waals surface area contributed by atoms with E-state index in [1.54, 1.807) is 23.1 Å². The Morgan fingerprint density at radius 1 is 1.00 bits per heavy atom. The van der Waals surface area contributed by atoms with E-state index in [0.717, 1.165) is 23.7 Å². The number of carbonyl (C=O) groups excluding carboxylic acids is 1. The zero-order valence-electron chi connectivity index (χ0n) is 15.2. The topological polar surface area (TPSA) is 54.5 Å². The zero-order chi connectivity index (χ0) is 19.3. The van der Waals surface area contributed by atoms with Crippen molar-refractivity contribution in [1.29, 1.82) is 0 Å². The van der Waals surface area contributed by atoms with Crippen LogP contribution in [0.5, 0.6) is 0 Å². The van der Waals surface area contributed by atoms with Crippen LogP contribution in [0.25, 0.3) is 0 Å². The van der Waals surface area contributed by atoms with Crippen LogP contribution in [-0.2, 0) is 26.8 Å². The van der Waals surface area contributed by atoms with E-state index in [0.29, 0.717) is 24.6 Å². The number of nitrogens with zero attached hydrogens (tertiary/aromatic N) is 1. The third-order valence-electron chi connectivity index (χ3n) is 4.95. The molecule has 0 spiro atoms. The van der Waals surface area contributed by atoms with Crippen LogP contribution >= 0.6 is 15.9 Å². The molecule has 3 rings (SSSR count). The smallest absolute Gasteiger partial charge is 0.237 e. The highest BCUT2D eigenvalue weighted by Crippen LogP contribution is 2.22. The van der Waals surface area contributed by atoms with Crippen LogP contribution in [0.4, 0.5) is 0 Å². The summed E-state index contributed by atoms with van der Waals surface area (Å²) in [5.41, 5.74) is 2.01. The van der Waals surface area contributed by atoms with Gasteiger partial charge in [-0.3, -0.25) is 4.79 Å². The highest BCUT2D eigenvalue weighted by molar-refractivity contribution is 9.10. The van der Waals surface area contributed by atoms with E-state index in [1.807, 2.05) is 24.3 Å². The van der Waals surface area contributed by atoms with Crippen molar-refractivity contribution in [3.63, 3.8) is 0 Å². The molecule has 144 valence electrons. The maximum Gasteiger partial charge on any atom is 0.237 e. The summed E-state index contributed by atoms with van der Waals surface area (Å²) >= 11 is 3.34. The molecule has 0 unspecified atom stereocenters. The molecule has 2 aromatic carbocycles. The normalized spacial score (nSPS) is 15.7. The summed E-state index contributed by atoms with van der Waals surface area (Å²) in [6.07, 6.45) is 2.86. The standard InChI is InChI=1S/C21H24BrNO3S/c22-20-8-4-7-19(14-20)15-27(25,26)16-21(24)23-11-9-18(10-12-23)13-17-5-2-1-3-6-17/h1-8,14,18H,9-13,15-16H2. The Morgan fingerprint density at radius 3 is 2.33 bits per heavy atom. The molecule has 6 heteroatoms. The molecule has 0 radical (unpaired) electrons. The first-order valence-corrected chi connectivity index (χ1v) is 11.8. The van der Waals surface area contributed by atoms with Crippen molar-refractivity contribution in [2.24, 2.45) is 5.92 Å². The molecular formula is C21H24BrNO3S. The van der Waals surface area contributed by atoms with Gasteiger partial charge in [-0.2, -0.15) is 0 Å². The van der Waals surface area contributed by atoms with Crippen LogP contribution in [0.1, 0.15) is 24.0 Å². The summed E-state index contributed by atoms with van der Waals surface area (Å²) in [6.45, 7) is 1.28. The Bertz CT molecular complexity index is 875. The molecule has 0 aliphatic carbocycles. The summed E-state index contributed by atoms with van der Waals surface area (Å²) in [4.78, 5) is 14.2. The minimum Gasteiger partial charge on any atom is -0.342 e. The number of hydrogen-bond donors (Lipinski definition) is 0. The SMILES string of the molecule is O=C(CS(=O)(=O)Cc1cccc(Br)c1)N1CCC(Cc2ccccc2)CC1. The van der Waals surface area contributed by atoms with Gasteiger partial charge in [0.1, 0.15) is 5.75 Å². The molecule has 1 aliphatic rings. The van der Waals surface area contributed by atoms with Crippen molar-refractivity contribution in [3.8, 4) is 0 Å². The van der Waals surface area contributed by atoms with Crippen LogP contribution in [0.3, 0.4) is 0 Å². The number of rotatable bonds is 6. The average Bonchev–Trinajstić information content (AvgIpc) is 2.62. The first kappa shape index (κ1) is 20.1. The second-order valence-corrected chi connectivity index (χ2v) is 10.2. The molecular weight excluding hydrogens is 426 g/mol. The Morgan fingerprint density at radius 2 is 1.67 bits per heavy atom. The maximum atomic E-state index is 12.5. The lowest BCUT2D eigenvalue weighted by atomic mass is 9.90. The van der Waals surface area contributed by atoms with Gasteiger partial charge in [-0.15, -0.1) is 0 Å². The van der Waals surface area contributed by atoms with Gasteiger partial charge >= 0.3 is 0 Å². The summed E-state index contributed by atoms with van der Waals surface area (Å²) in [5.74, 6) is -0.246. The van der Waals surface area contributed by atoms with Gasteiger partial charge in [-0.1, -0.05) is 58.4 Å². The van der Waals surface area contributed by atoms with Gasteiger partial charge in [0, 0.05) is 17.6 Å². The first-order chi connectivity index (χ1) is 12.9. The Kier molecular flexibility index (Phi) is 6.71. The van der Waals surface area contributed by atoms with Crippen molar-refractivity contribution in [2.75, 3.05) is 18.8 Å². The van der Waals surface area contributed by atoms with Gasteiger partial charge in [0.25, 0.3) is 0 Å². The lowest BCUT2D eigenvalue weighted by Crippen LogP contribution is -2.41. The molecule has 1 heterocycles. The largest absolute Gasteiger partial charge is 0.342 e. The molecule has 1 amide bonds. The molecule has 0 saturated carbocycles. The molecule has 27 heavy (non-hydrogen) atoms. The lowest BCUT2D eigenvalue weighted by molar-refractivity contribution is -0.129. The van der Waals surface area contributed by atoms with Gasteiger partial charge in [0.05, 0.1) is 5.75 Å². The highest BCUT2D eigenvalue weighted by Gasteiger charge is 2.26. The number of likely N-dealkylation sites (tertiary alicyclic amines) is 1. The third kappa shape index (κ3) is 6.18. The molecule has 4 nitrogen and oxygen atoms in total. The number of carbonyl (C=O) groups is 1. The minimum atomic E-state index is -3.47. The van der Waals surface area contributed by atoms with Gasteiger partial charge in [-0.05, 0) is 48.4 Å². The fourth-order valence-electron chi connectivity index (χ4n) is 3.55. The summed E-state index contributed by atoms with van der Waals surface area (Å²) in [7, 11) is -3.47. The Hall–Kier alpha value is -1.66. The van der Waals surface area contributed by atoms with Crippen molar-refractivity contribution in [3.05, 3.63) is 70.2 Å². The van der Waals surface area contributed by atoms with Crippen molar-refractivity contribution in [2.45, 2.75) is 25.0 Å². The summed E-state index contributed by atoms with van der Waals surface area (Å²) in [6, 6.07) is 17.6. The summed E-state index contributed by atoms with van der Waals surface area (Å²) in [5, 5.41) is 0. The molecule has 1 fully saturated rings.